The van der Waals surface area contributed by atoms with Gasteiger partial charge in [0.15, 0.2) is 5.96 Å². The van der Waals surface area contributed by atoms with Crippen molar-refractivity contribution in [2.24, 2.45) is 10.9 Å². The van der Waals surface area contributed by atoms with Crippen LogP contribution < -0.4 is 5.32 Å². The van der Waals surface area contributed by atoms with Crippen molar-refractivity contribution in [3.8, 4) is 0 Å². The number of carbonyl (C=O) groups excluding carboxylic acids is 1. The first-order chi connectivity index (χ1) is 12.5. The highest BCUT2D eigenvalue weighted by Crippen LogP contribution is 2.09. The molecule has 8 heteroatoms. The lowest BCUT2D eigenvalue weighted by Crippen LogP contribution is -2.53. The number of hydrogen-bond donors (Lipinski definition) is 1. The number of aliphatic imine (C=N–C) groups is 1. The summed E-state index contributed by atoms with van der Waals surface area (Å²) in [6, 6.07) is 4.24. The predicted molar refractivity (Wildman–Crippen MR) is 125 cm³/mol. The van der Waals surface area contributed by atoms with Crippen molar-refractivity contribution < 1.29 is 4.79 Å². The number of nitrogens with one attached hydrogen (secondary N) is 1. The van der Waals surface area contributed by atoms with Crippen molar-refractivity contribution in [1.82, 2.24) is 20.0 Å². The summed E-state index contributed by atoms with van der Waals surface area (Å²) in [6.45, 7) is 10.7. The third-order valence-electron chi connectivity index (χ3n) is 4.39. The third kappa shape index (κ3) is 8.78. The van der Waals surface area contributed by atoms with Crippen LogP contribution in [0, 0.1) is 5.92 Å². The van der Waals surface area contributed by atoms with Gasteiger partial charge in [-0.15, -0.1) is 35.3 Å². The molecule has 0 spiro atoms. The zero-order chi connectivity index (χ0) is 18.9. The number of guanidine groups is 1. The van der Waals surface area contributed by atoms with E-state index in [2.05, 4.69) is 51.5 Å². The highest BCUT2D eigenvalue weighted by atomic mass is 127. The van der Waals surface area contributed by atoms with Crippen LogP contribution in [0.2, 0.25) is 0 Å². The lowest BCUT2D eigenvalue weighted by molar-refractivity contribution is -0.127. The fourth-order valence-electron chi connectivity index (χ4n) is 2.96. The Kier molecular flexibility index (Phi) is 11.2. The number of amides is 1. The van der Waals surface area contributed by atoms with Crippen LogP contribution in [0.5, 0.6) is 0 Å². The van der Waals surface area contributed by atoms with Crippen molar-refractivity contribution in [3.05, 3.63) is 22.4 Å². The lowest BCUT2D eigenvalue weighted by Gasteiger charge is -2.37. The first-order valence-corrected chi connectivity index (χ1v) is 10.3. The van der Waals surface area contributed by atoms with Gasteiger partial charge in [-0.3, -0.25) is 9.69 Å². The molecule has 0 atom stereocenters. The molecule has 0 unspecified atom stereocenters. The number of hydrogen-bond acceptors (Lipinski definition) is 4. The molecule has 0 saturated carbocycles. The van der Waals surface area contributed by atoms with Crippen LogP contribution in [0.4, 0.5) is 0 Å². The van der Waals surface area contributed by atoms with Gasteiger partial charge in [0.1, 0.15) is 6.54 Å². The number of rotatable bonds is 7. The Labute approximate surface area is 185 Å². The molecule has 27 heavy (non-hydrogen) atoms. The molecule has 2 rings (SSSR count). The number of carbonyl (C=O) groups is 1. The summed E-state index contributed by atoms with van der Waals surface area (Å²) in [5, 5.41) is 5.58. The summed E-state index contributed by atoms with van der Waals surface area (Å²) in [5.74, 6) is 1.58. The van der Waals surface area contributed by atoms with Crippen LogP contribution in [0.25, 0.3) is 0 Å². The number of piperazine rings is 1. The minimum Gasteiger partial charge on any atom is -0.356 e. The molecular weight excluding hydrogens is 473 g/mol. The van der Waals surface area contributed by atoms with Gasteiger partial charge in [-0.2, -0.15) is 0 Å². The molecule has 2 heterocycles. The Morgan fingerprint density at radius 1 is 1.30 bits per heavy atom. The van der Waals surface area contributed by atoms with Crippen LogP contribution in [0.3, 0.4) is 0 Å². The number of thiophene rings is 1. The molecule has 1 aromatic rings. The molecule has 154 valence electrons. The minimum atomic E-state index is 0. The Morgan fingerprint density at radius 3 is 2.56 bits per heavy atom. The second-order valence-corrected chi connectivity index (χ2v) is 8.40. The second kappa shape index (κ2) is 12.6. The fourth-order valence-corrected chi connectivity index (χ4v) is 3.67. The van der Waals surface area contributed by atoms with E-state index >= 15 is 0 Å². The number of halogens is 1. The Morgan fingerprint density at radius 2 is 2.00 bits per heavy atom. The molecular formula is C19H34IN5OS. The maximum atomic E-state index is 11.9. The third-order valence-corrected chi connectivity index (χ3v) is 5.33. The largest absolute Gasteiger partial charge is 0.356 e. The van der Waals surface area contributed by atoms with E-state index in [0.717, 1.165) is 51.6 Å². The van der Waals surface area contributed by atoms with Crippen LogP contribution in [0.15, 0.2) is 22.5 Å². The molecule has 1 saturated heterocycles. The van der Waals surface area contributed by atoms with Gasteiger partial charge < -0.3 is 15.1 Å². The van der Waals surface area contributed by atoms with Crippen molar-refractivity contribution in [3.63, 3.8) is 0 Å². The quantitative estimate of drug-likeness (QED) is 0.350. The summed E-state index contributed by atoms with van der Waals surface area (Å²) in [7, 11) is 3.54. The summed E-state index contributed by atoms with van der Waals surface area (Å²) in [5.41, 5.74) is 0. The van der Waals surface area contributed by atoms with Gasteiger partial charge in [0.2, 0.25) is 5.91 Å². The highest BCUT2D eigenvalue weighted by Gasteiger charge is 2.20. The van der Waals surface area contributed by atoms with Gasteiger partial charge in [-0.05, 0) is 23.8 Å². The summed E-state index contributed by atoms with van der Waals surface area (Å²) in [6.07, 6.45) is 0.978. The Balaban J connectivity index is 0.00000364. The van der Waals surface area contributed by atoms with E-state index in [4.69, 9.17) is 0 Å². The van der Waals surface area contributed by atoms with E-state index in [1.165, 1.54) is 4.88 Å². The van der Waals surface area contributed by atoms with E-state index in [1.54, 1.807) is 30.3 Å². The minimum absolute atomic E-state index is 0. The lowest BCUT2D eigenvalue weighted by atomic mass is 10.2. The van der Waals surface area contributed by atoms with E-state index in [0.29, 0.717) is 5.92 Å². The maximum Gasteiger partial charge on any atom is 0.243 e. The average molecular weight is 507 g/mol. The summed E-state index contributed by atoms with van der Waals surface area (Å²) in [4.78, 5) is 24.3. The van der Waals surface area contributed by atoms with E-state index in [9.17, 15) is 4.79 Å². The van der Waals surface area contributed by atoms with Crippen molar-refractivity contribution >= 4 is 47.2 Å². The van der Waals surface area contributed by atoms with E-state index in [-0.39, 0.29) is 36.4 Å². The highest BCUT2D eigenvalue weighted by molar-refractivity contribution is 14.0. The van der Waals surface area contributed by atoms with Gasteiger partial charge >= 0.3 is 0 Å². The SMILES string of the molecule is CC(C)CN1CCN(C(=NCC(=O)N(C)C)NCCc2cccs2)CC1.I. The van der Waals surface area contributed by atoms with Crippen LogP contribution >= 0.6 is 35.3 Å². The first kappa shape index (κ1) is 24.2. The standard InChI is InChI=1S/C19H33N5OS.HI/c1-16(2)15-23-9-11-24(12-10-23)19(21-14-18(25)22(3)4)20-8-7-17-6-5-13-26-17;/h5-6,13,16H,7-12,14-15H2,1-4H3,(H,20,21);1H. The van der Waals surface area contributed by atoms with Gasteiger partial charge in [-0.25, -0.2) is 4.99 Å². The molecule has 1 amide bonds. The summed E-state index contributed by atoms with van der Waals surface area (Å²) >= 11 is 1.78. The van der Waals surface area contributed by atoms with Crippen molar-refractivity contribution in [1.29, 1.82) is 0 Å². The molecule has 1 aliphatic rings. The molecule has 1 fully saturated rings. The first-order valence-electron chi connectivity index (χ1n) is 9.44. The van der Waals surface area contributed by atoms with Crippen LogP contribution in [0.1, 0.15) is 18.7 Å². The average Bonchev–Trinajstić information content (AvgIpc) is 3.11. The molecule has 0 aliphatic carbocycles. The fraction of sp³-hybridized carbons (Fsp3) is 0.684. The van der Waals surface area contributed by atoms with Gasteiger partial charge in [0.25, 0.3) is 0 Å². The molecule has 6 nitrogen and oxygen atoms in total. The predicted octanol–water partition coefficient (Wildman–Crippen LogP) is 2.22. The molecule has 1 aromatic heterocycles. The normalized spacial score (nSPS) is 15.6. The molecule has 1 aliphatic heterocycles. The number of nitrogens with zero attached hydrogens (tertiary/aromatic N) is 4. The van der Waals surface area contributed by atoms with Gasteiger partial charge in [0, 0.05) is 58.2 Å². The molecule has 0 bridgehead atoms. The molecule has 1 N–H and O–H groups in total. The van der Waals surface area contributed by atoms with E-state index in [1.807, 2.05) is 0 Å². The van der Waals surface area contributed by atoms with Crippen LogP contribution in [-0.4, -0.2) is 86.5 Å². The Hall–Kier alpha value is -0.870. The van der Waals surface area contributed by atoms with Crippen LogP contribution in [-0.2, 0) is 11.2 Å². The maximum absolute atomic E-state index is 11.9. The molecule has 0 aromatic carbocycles. The van der Waals surface area contributed by atoms with Crippen molar-refractivity contribution in [2.45, 2.75) is 20.3 Å². The Bertz CT molecular complexity index is 569. The monoisotopic (exact) mass is 507 g/mol. The van der Waals surface area contributed by atoms with Gasteiger partial charge in [-0.1, -0.05) is 19.9 Å². The second-order valence-electron chi connectivity index (χ2n) is 7.37. The molecule has 0 radical (unpaired) electrons. The number of likely N-dealkylation sites (N-methyl/N-ethyl adjacent to an activating group) is 1. The topological polar surface area (TPSA) is 51.2 Å². The smallest absolute Gasteiger partial charge is 0.243 e. The van der Waals surface area contributed by atoms with Crippen molar-refractivity contribution in [2.75, 3.05) is 59.9 Å². The van der Waals surface area contributed by atoms with Gasteiger partial charge in [0.05, 0.1) is 0 Å². The summed E-state index contributed by atoms with van der Waals surface area (Å²) < 4.78 is 0. The zero-order valence-electron chi connectivity index (χ0n) is 17.0. The zero-order valence-corrected chi connectivity index (χ0v) is 20.1. The van der Waals surface area contributed by atoms with E-state index < -0.39 is 0 Å².